The number of carbonyl (C=O) groups excluding carboxylic acids is 1. The third-order valence-corrected chi connectivity index (χ3v) is 5.11. The minimum atomic E-state index is -0.0122. The zero-order valence-electron chi connectivity index (χ0n) is 14.4. The smallest absolute Gasteiger partial charge is 0.261 e. The summed E-state index contributed by atoms with van der Waals surface area (Å²) in [6.07, 6.45) is 6.33. The van der Waals surface area contributed by atoms with Crippen molar-refractivity contribution >= 4 is 16.8 Å². The molecule has 25 heavy (non-hydrogen) atoms. The lowest BCUT2D eigenvalue weighted by Gasteiger charge is -2.20. The van der Waals surface area contributed by atoms with Crippen LogP contribution in [-0.4, -0.2) is 40.1 Å². The second kappa shape index (κ2) is 6.86. The van der Waals surface area contributed by atoms with E-state index in [2.05, 4.69) is 4.98 Å². The third-order valence-electron chi connectivity index (χ3n) is 5.11. The molecule has 4 rings (SSSR count). The van der Waals surface area contributed by atoms with Crippen molar-refractivity contribution in [2.75, 3.05) is 19.7 Å². The van der Waals surface area contributed by atoms with Gasteiger partial charge in [-0.15, -0.1) is 0 Å². The van der Waals surface area contributed by atoms with Gasteiger partial charge in [0.15, 0.2) is 6.61 Å². The molecule has 1 aromatic heterocycles. The standard InChI is InChI=1S/C19H23N3O3/c23-18(21-9-3-1-2-4-10-21)13-25-14-7-8-16-15(12-14)19(24)22-11-5-6-17(22)20-16/h7-8,12H,1-6,9-11,13H2. The number of aromatic nitrogens is 2. The summed E-state index contributed by atoms with van der Waals surface area (Å²) in [7, 11) is 0. The van der Waals surface area contributed by atoms with Gasteiger partial charge in [-0.25, -0.2) is 4.98 Å². The Labute approximate surface area is 146 Å². The number of carbonyl (C=O) groups is 1. The molecule has 0 saturated carbocycles. The summed E-state index contributed by atoms with van der Waals surface area (Å²) in [5.74, 6) is 1.43. The van der Waals surface area contributed by atoms with E-state index in [1.54, 1.807) is 16.7 Å². The summed E-state index contributed by atoms with van der Waals surface area (Å²) in [4.78, 5) is 31.4. The SMILES string of the molecule is O=C(COc1ccc2nc3n(c(=O)c2c1)CCC3)N1CCCCCC1. The normalized spacial score (nSPS) is 17.4. The molecule has 2 aliphatic rings. The maximum absolute atomic E-state index is 12.6. The first kappa shape index (κ1) is 16.1. The van der Waals surface area contributed by atoms with Gasteiger partial charge in [-0.2, -0.15) is 0 Å². The number of hydrogen-bond acceptors (Lipinski definition) is 4. The molecule has 1 aromatic carbocycles. The Balaban J connectivity index is 1.50. The predicted octanol–water partition coefficient (Wildman–Crippen LogP) is 2.12. The Hall–Kier alpha value is -2.37. The molecule has 3 heterocycles. The maximum Gasteiger partial charge on any atom is 0.261 e. The highest BCUT2D eigenvalue weighted by Crippen LogP contribution is 2.20. The molecule has 1 amide bonds. The minimum absolute atomic E-state index is 0.0122. The van der Waals surface area contributed by atoms with Gasteiger partial charge in [0.25, 0.3) is 11.5 Å². The summed E-state index contributed by atoms with van der Waals surface area (Å²) in [6, 6.07) is 5.31. The van der Waals surface area contributed by atoms with Crippen LogP contribution < -0.4 is 10.3 Å². The first-order chi connectivity index (χ1) is 12.2. The summed E-state index contributed by atoms with van der Waals surface area (Å²) >= 11 is 0. The average Bonchev–Trinajstić information content (AvgIpc) is 2.93. The van der Waals surface area contributed by atoms with Crippen molar-refractivity contribution in [1.82, 2.24) is 14.5 Å². The Morgan fingerprint density at radius 2 is 1.88 bits per heavy atom. The van der Waals surface area contributed by atoms with E-state index in [4.69, 9.17) is 4.74 Å². The highest BCUT2D eigenvalue weighted by atomic mass is 16.5. The van der Waals surface area contributed by atoms with E-state index in [0.717, 1.165) is 51.1 Å². The van der Waals surface area contributed by atoms with Crippen LogP contribution in [0.4, 0.5) is 0 Å². The zero-order valence-corrected chi connectivity index (χ0v) is 14.4. The Bertz CT molecular complexity index is 851. The third kappa shape index (κ3) is 3.25. The molecule has 1 saturated heterocycles. The number of amides is 1. The highest BCUT2D eigenvalue weighted by molar-refractivity contribution is 5.80. The van der Waals surface area contributed by atoms with E-state index in [1.165, 1.54) is 12.8 Å². The van der Waals surface area contributed by atoms with E-state index in [-0.39, 0.29) is 18.1 Å². The molecule has 0 aliphatic carbocycles. The van der Waals surface area contributed by atoms with Gasteiger partial charge in [0.1, 0.15) is 11.6 Å². The second-order valence-corrected chi connectivity index (χ2v) is 6.85. The Morgan fingerprint density at radius 1 is 1.08 bits per heavy atom. The van der Waals surface area contributed by atoms with Crippen molar-refractivity contribution in [2.24, 2.45) is 0 Å². The van der Waals surface area contributed by atoms with Crippen molar-refractivity contribution in [3.8, 4) is 5.75 Å². The van der Waals surface area contributed by atoms with Crippen molar-refractivity contribution in [2.45, 2.75) is 45.1 Å². The van der Waals surface area contributed by atoms with E-state index in [0.29, 0.717) is 16.7 Å². The molecule has 0 unspecified atom stereocenters. The molecule has 0 radical (unpaired) electrons. The van der Waals surface area contributed by atoms with E-state index < -0.39 is 0 Å². The summed E-state index contributed by atoms with van der Waals surface area (Å²) in [6.45, 7) is 2.38. The predicted molar refractivity (Wildman–Crippen MR) is 94.9 cm³/mol. The molecular formula is C19H23N3O3. The summed E-state index contributed by atoms with van der Waals surface area (Å²) in [5, 5.41) is 0.561. The summed E-state index contributed by atoms with van der Waals surface area (Å²) < 4.78 is 7.42. The lowest BCUT2D eigenvalue weighted by molar-refractivity contribution is -0.133. The highest BCUT2D eigenvalue weighted by Gasteiger charge is 2.18. The average molecular weight is 341 g/mol. The fourth-order valence-electron chi connectivity index (χ4n) is 3.71. The van der Waals surface area contributed by atoms with Gasteiger partial charge in [0.2, 0.25) is 0 Å². The fourth-order valence-corrected chi connectivity index (χ4v) is 3.71. The van der Waals surface area contributed by atoms with Crippen LogP contribution in [0.25, 0.3) is 10.9 Å². The van der Waals surface area contributed by atoms with Crippen molar-refractivity contribution in [1.29, 1.82) is 0 Å². The minimum Gasteiger partial charge on any atom is -0.484 e. The summed E-state index contributed by atoms with van der Waals surface area (Å²) in [5.41, 5.74) is 0.686. The fraction of sp³-hybridized carbons (Fsp3) is 0.526. The number of likely N-dealkylation sites (tertiary alicyclic amines) is 1. The molecule has 2 aliphatic heterocycles. The van der Waals surface area contributed by atoms with Gasteiger partial charge in [0.05, 0.1) is 10.9 Å². The van der Waals surface area contributed by atoms with Crippen molar-refractivity contribution in [3.05, 3.63) is 34.4 Å². The van der Waals surface area contributed by atoms with Crippen LogP contribution in [0.2, 0.25) is 0 Å². The monoisotopic (exact) mass is 341 g/mol. The molecule has 0 bridgehead atoms. The van der Waals surface area contributed by atoms with Gasteiger partial charge >= 0.3 is 0 Å². The molecule has 0 N–H and O–H groups in total. The largest absolute Gasteiger partial charge is 0.484 e. The Morgan fingerprint density at radius 3 is 2.68 bits per heavy atom. The topological polar surface area (TPSA) is 64.4 Å². The quantitative estimate of drug-likeness (QED) is 0.858. The first-order valence-electron chi connectivity index (χ1n) is 9.16. The lowest BCUT2D eigenvalue weighted by atomic mass is 10.2. The molecule has 6 heteroatoms. The number of fused-ring (bicyclic) bond motifs is 2. The maximum atomic E-state index is 12.6. The van der Waals surface area contributed by atoms with Crippen LogP contribution in [0.3, 0.4) is 0 Å². The Kier molecular flexibility index (Phi) is 4.42. The zero-order chi connectivity index (χ0) is 17.2. The molecule has 0 atom stereocenters. The van der Waals surface area contributed by atoms with E-state index in [1.807, 2.05) is 11.0 Å². The number of nitrogens with zero attached hydrogens (tertiary/aromatic N) is 3. The van der Waals surface area contributed by atoms with Crippen LogP contribution in [0.15, 0.2) is 23.0 Å². The molecular weight excluding hydrogens is 318 g/mol. The molecule has 6 nitrogen and oxygen atoms in total. The van der Waals surface area contributed by atoms with Crippen LogP contribution in [-0.2, 0) is 17.8 Å². The molecule has 0 spiro atoms. The molecule has 132 valence electrons. The van der Waals surface area contributed by atoms with Crippen LogP contribution >= 0.6 is 0 Å². The van der Waals surface area contributed by atoms with Gasteiger partial charge < -0.3 is 9.64 Å². The number of rotatable bonds is 3. The molecule has 2 aromatic rings. The van der Waals surface area contributed by atoms with Crippen LogP contribution in [0.1, 0.15) is 37.9 Å². The van der Waals surface area contributed by atoms with E-state index >= 15 is 0 Å². The second-order valence-electron chi connectivity index (χ2n) is 6.85. The van der Waals surface area contributed by atoms with Crippen LogP contribution in [0, 0.1) is 0 Å². The lowest BCUT2D eigenvalue weighted by Crippen LogP contribution is -2.35. The van der Waals surface area contributed by atoms with Crippen LogP contribution in [0.5, 0.6) is 5.75 Å². The number of aryl methyl sites for hydroxylation is 1. The van der Waals surface area contributed by atoms with Crippen molar-refractivity contribution in [3.63, 3.8) is 0 Å². The molecule has 1 fully saturated rings. The first-order valence-corrected chi connectivity index (χ1v) is 9.16. The van der Waals surface area contributed by atoms with Crippen molar-refractivity contribution < 1.29 is 9.53 Å². The van der Waals surface area contributed by atoms with E-state index in [9.17, 15) is 9.59 Å². The van der Waals surface area contributed by atoms with Gasteiger partial charge in [-0.3, -0.25) is 14.2 Å². The van der Waals surface area contributed by atoms with Gasteiger partial charge in [-0.1, -0.05) is 12.8 Å². The number of benzene rings is 1. The van der Waals surface area contributed by atoms with Gasteiger partial charge in [0, 0.05) is 26.1 Å². The van der Waals surface area contributed by atoms with Gasteiger partial charge in [-0.05, 0) is 37.5 Å². The number of ether oxygens (including phenoxy) is 1. The number of hydrogen-bond donors (Lipinski definition) is 0.